The van der Waals surface area contributed by atoms with E-state index in [1.165, 1.54) is 24.0 Å². The van der Waals surface area contributed by atoms with Crippen LogP contribution in [-0.2, 0) is 12.8 Å². The fourth-order valence-corrected chi connectivity index (χ4v) is 2.60. The van der Waals surface area contributed by atoms with Gasteiger partial charge >= 0.3 is 6.03 Å². The molecule has 0 atom stereocenters. The number of carbonyl (C=O) groups excluding carboxylic acids is 1. The number of unbranched alkanes of at least 4 members (excludes halogenated alkanes) is 1. The van der Waals surface area contributed by atoms with E-state index in [-0.39, 0.29) is 6.03 Å². The molecule has 21 heavy (non-hydrogen) atoms. The van der Waals surface area contributed by atoms with Crippen molar-refractivity contribution in [1.29, 1.82) is 0 Å². The van der Waals surface area contributed by atoms with Gasteiger partial charge in [-0.05, 0) is 48.9 Å². The minimum Gasteiger partial charge on any atom is -0.492 e. The molecule has 0 aromatic heterocycles. The van der Waals surface area contributed by atoms with Gasteiger partial charge in [0.1, 0.15) is 12.4 Å². The number of carbonyl (C=O) groups is 1. The summed E-state index contributed by atoms with van der Waals surface area (Å²) in [4.78, 5) is 13.5. The third-order valence-corrected chi connectivity index (χ3v) is 3.91. The van der Waals surface area contributed by atoms with Gasteiger partial charge in [-0.15, -0.1) is 0 Å². The molecular weight excluding hydrogens is 264 g/mol. The third kappa shape index (κ3) is 4.66. The Balaban J connectivity index is 1.66. The SMILES string of the molecule is CCCCN(C)C(=O)NCCOc1ccc2c(c1)CCC2. The van der Waals surface area contributed by atoms with Crippen molar-refractivity contribution in [2.24, 2.45) is 0 Å². The molecule has 0 bridgehead atoms. The van der Waals surface area contributed by atoms with Gasteiger partial charge in [0, 0.05) is 13.6 Å². The van der Waals surface area contributed by atoms with E-state index in [2.05, 4.69) is 24.4 Å². The first-order valence-electron chi connectivity index (χ1n) is 7.94. The van der Waals surface area contributed by atoms with Gasteiger partial charge in [0.05, 0.1) is 6.54 Å². The Morgan fingerprint density at radius 1 is 1.33 bits per heavy atom. The fourth-order valence-electron chi connectivity index (χ4n) is 2.60. The van der Waals surface area contributed by atoms with Crippen LogP contribution in [0, 0.1) is 0 Å². The molecule has 116 valence electrons. The standard InChI is InChI=1S/C17H26N2O2/c1-3-4-11-19(2)17(20)18-10-12-21-16-9-8-14-6-5-7-15(14)13-16/h8-9,13H,3-7,10-12H2,1-2H3,(H,18,20). The highest BCUT2D eigenvalue weighted by Gasteiger charge is 2.11. The first kappa shape index (κ1) is 15.7. The zero-order chi connectivity index (χ0) is 15.1. The number of fused-ring (bicyclic) bond motifs is 1. The van der Waals surface area contributed by atoms with Crippen molar-refractivity contribution in [3.05, 3.63) is 29.3 Å². The summed E-state index contributed by atoms with van der Waals surface area (Å²) in [6, 6.07) is 6.30. The summed E-state index contributed by atoms with van der Waals surface area (Å²) >= 11 is 0. The highest BCUT2D eigenvalue weighted by atomic mass is 16.5. The highest BCUT2D eigenvalue weighted by Crippen LogP contribution is 2.25. The van der Waals surface area contributed by atoms with Crippen molar-refractivity contribution in [1.82, 2.24) is 10.2 Å². The molecule has 1 aliphatic rings. The molecular formula is C17H26N2O2. The number of ether oxygens (including phenoxy) is 1. The molecule has 0 heterocycles. The minimum absolute atomic E-state index is 0.0268. The van der Waals surface area contributed by atoms with Crippen LogP contribution in [-0.4, -0.2) is 37.7 Å². The smallest absolute Gasteiger partial charge is 0.317 e. The largest absolute Gasteiger partial charge is 0.492 e. The molecule has 0 unspecified atom stereocenters. The molecule has 1 aromatic carbocycles. The van der Waals surface area contributed by atoms with Crippen molar-refractivity contribution >= 4 is 6.03 Å². The van der Waals surface area contributed by atoms with Crippen molar-refractivity contribution in [3.63, 3.8) is 0 Å². The number of amides is 2. The number of nitrogens with one attached hydrogen (secondary N) is 1. The Hall–Kier alpha value is -1.71. The summed E-state index contributed by atoms with van der Waals surface area (Å²) in [6.07, 6.45) is 5.73. The van der Waals surface area contributed by atoms with Gasteiger partial charge in [0.2, 0.25) is 0 Å². The molecule has 4 heteroatoms. The van der Waals surface area contributed by atoms with E-state index in [9.17, 15) is 4.79 Å². The number of hydrogen-bond acceptors (Lipinski definition) is 2. The monoisotopic (exact) mass is 290 g/mol. The van der Waals surface area contributed by atoms with E-state index in [1.807, 2.05) is 13.1 Å². The molecule has 0 radical (unpaired) electrons. The van der Waals surface area contributed by atoms with Crippen molar-refractivity contribution in [2.45, 2.75) is 39.0 Å². The van der Waals surface area contributed by atoms with Gasteiger partial charge in [-0.2, -0.15) is 0 Å². The lowest BCUT2D eigenvalue weighted by Gasteiger charge is -2.17. The predicted molar refractivity (Wildman–Crippen MR) is 84.9 cm³/mol. The molecule has 1 N–H and O–H groups in total. The van der Waals surface area contributed by atoms with Gasteiger partial charge in [-0.3, -0.25) is 0 Å². The molecule has 0 saturated heterocycles. The second kappa shape index (κ2) is 7.91. The van der Waals surface area contributed by atoms with E-state index in [0.717, 1.165) is 31.6 Å². The number of benzene rings is 1. The molecule has 0 fully saturated rings. The quantitative estimate of drug-likeness (QED) is 0.784. The van der Waals surface area contributed by atoms with Crippen LogP contribution in [0.4, 0.5) is 4.79 Å². The van der Waals surface area contributed by atoms with Crippen LogP contribution in [0.15, 0.2) is 18.2 Å². The molecule has 2 rings (SSSR count). The van der Waals surface area contributed by atoms with E-state index in [1.54, 1.807) is 4.90 Å². The Bertz CT molecular complexity index is 474. The average molecular weight is 290 g/mol. The normalized spacial score (nSPS) is 12.9. The zero-order valence-corrected chi connectivity index (χ0v) is 13.2. The molecule has 1 aliphatic carbocycles. The summed E-state index contributed by atoms with van der Waals surface area (Å²) in [7, 11) is 1.83. The summed E-state index contributed by atoms with van der Waals surface area (Å²) in [6.45, 7) is 3.96. The lowest BCUT2D eigenvalue weighted by Crippen LogP contribution is -2.39. The molecule has 2 amide bonds. The number of urea groups is 1. The fraction of sp³-hybridized carbons (Fsp3) is 0.588. The van der Waals surface area contributed by atoms with E-state index in [0.29, 0.717) is 13.2 Å². The Morgan fingerprint density at radius 3 is 2.95 bits per heavy atom. The van der Waals surface area contributed by atoms with Crippen LogP contribution >= 0.6 is 0 Å². The minimum atomic E-state index is -0.0268. The van der Waals surface area contributed by atoms with E-state index in [4.69, 9.17) is 4.74 Å². The number of rotatable bonds is 7. The molecule has 0 saturated carbocycles. The van der Waals surface area contributed by atoms with Crippen LogP contribution < -0.4 is 10.1 Å². The van der Waals surface area contributed by atoms with Crippen LogP contribution in [0.25, 0.3) is 0 Å². The molecule has 0 aliphatic heterocycles. The van der Waals surface area contributed by atoms with Crippen LogP contribution in [0.3, 0.4) is 0 Å². The maximum atomic E-state index is 11.8. The molecule has 4 nitrogen and oxygen atoms in total. The summed E-state index contributed by atoms with van der Waals surface area (Å²) < 4.78 is 5.71. The second-order valence-corrected chi connectivity index (χ2v) is 5.64. The van der Waals surface area contributed by atoms with Crippen LogP contribution in [0.2, 0.25) is 0 Å². The van der Waals surface area contributed by atoms with E-state index >= 15 is 0 Å². The Kier molecular flexibility index (Phi) is 5.90. The first-order valence-corrected chi connectivity index (χ1v) is 7.94. The van der Waals surface area contributed by atoms with Gasteiger partial charge in [-0.1, -0.05) is 19.4 Å². The Morgan fingerprint density at radius 2 is 2.14 bits per heavy atom. The van der Waals surface area contributed by atoms with Gasteiger partial charge in [-0.25, -0.2) is 4.79 Å². The first-order chi connectivity index (χ1) is 10.2. The average Bonchev–Trinajstić information content (AvgIpc) is 2.96. The highest BCUT2D eigenvalue weighted by molar-refractivity contribution is 5.73. The molecule has 1 aromatic rings. The summed E-state index contributed by atoms with van der Waals surface area (Å²) in [5, 5.41) is 2.88. The third-order valence-electron chi connectivity index (χ3n) is 3.91. The van der Waals surface area contributed by atoms with Crippen LogP contribution in [0.5, 0.6) is 5.75 Å². The van der Waals surface area contributed by atoms with Gasteiger partial charge in [0.25, 0.3) is 0 Å². The van der Waals surface area contributed by atoms with Crippen molar-refractivity contribution < 1.29 is 9.53 Å². The Labute approximate surface area is 127 Å². The van der Waals surface area contributed by atoms with Crippen molar-refractivity contribution in [2.75, 3.05) is 26.7 Å². The molecule has 0 spiro atoms. The summed E-state index contributed by atoms with van der Waals surface area (Å²) in [5.41, 5.74) is 2.86. The zero-order valence-electron chi connectivity index (χ0n) is 13.2. The van der Waals surface area contributed by atoms with Crippen LogP contribution in [0.1, 0.15) is 37.3 Å². The topological polar surface area (TPSA) is 41.6 Å². The second-order valence-electron chi connectivity index (χ2n) is 5.64. The van der Waals surface area contributed by atoms with Gasteiger partial charge in [0.15, 0.2) is 0 Å². The lowest BCUT2D eigenvalue weighted by atomic mass is 10.1. The number of hydrogen-bond donors (Lipinski definition) is 1. The number of nitrogens with zero attached hydrogens (tertiary/aromatic N) is 1. The predicted octanol–water partition coefficient (Wildman–Crippen LogP) is 3.00. The van der Waals surface area contributed by atoms with Gasteiger partial charge < -0.3 is 15.0 Å². The maximum absolute atomic E-state index is 11.8. The van der Waals surface area contributed by atoms with E-state index < -0.39 is 0 Å². The summed E-state index contributed by atoms with van der Waals surface area (Å²) in [5.74, 6) is 0.907. The van der Waals surface area contributed by atoms with Crippen molar-refractivity contribution in [3.8, 4) is 5.75 Å². The maximum Gasteiger partial charge on any atom is 0.317 e. The lowest BCUT2D eigenvalue weighted by molar-refractivity contribution is 0.204. The number of aryl methyl sites for hydroxylation is 2.